The summed E-state index contributed by atoms with van der Waals surface area (Å²) in [6, 6.07) is -0.0241. The number of nitrogens with zero attached hydrogens (tertiary/aromatic N) is 1. The van der Waals surface area contributed by atoms with Crippen molar-refractivity contribution >= 4 is 30.9 Å². The largest absolute Gasteiger partial charge is 0.279 e. The summed E-state index contributed by atoms with van der Waals surface area (Å²) in [5.41, 5.74) is 0. The fourth-order valence-electron chi connectivity index (χ4n) is 2.49. The topological polar surface area (TPSA) is 37.4 Å². The Morgan fingerprint density at radius 2 is 1.95 bits per heavy atom. The van der Waals surface area contributed by atoms with Crippen molar-refractivity contribution in [2.45, 2.75) is 76.1 Å². The zero-order valence-electron chi connectivity index (χ0n) is 12.9. The van der Waals surface area contributed by atoms with Crippen molar-refractivity contribution in [1.82, 2.24) is 4.90 Å². The van der Waals surface area contributed by atoms with Crippen LogP contribution in [0.15, 0.2) is 0 Å². The predicted octanol–water partition coefficient (Wildman–Crippen LogP) is 2.98. The summed E-state index contributed by atoms with van der Waals surface area (Å²) in [7, 11) is 2.13. The lowest BCUT2D eigenvalue weighted by molar-refractivity contribution is -0.140. The Balaban J connectivity index is 2.73. The van der Waals surface area contributed by atoms with Gasteiger partial charge >= 0.3 is 0 Å². The van der Waals surface area contributed by atoms with E-state index in [1.54, 1.807) is 11.8 Å². The van der Waals surface area contributed by atoms with Crippen LogP contribution in [0.25, 0.3) is 0 Å². The van der Waals surface area contributed by atoms with E-state index in [0.29, 0.717) is 11.7 Å². The maximum atomic E-state index is 12.3. The highest BCUT2D eigenvalue weighted by Crippen LogP contribution is 2.35. The molecule has 2 atom stereocenters. The Morgan fingerprint density at radius 3 is 2.42 bits per heavy atom. The van der Waals surface area contributed by atoms with Crippen LogP contribution < -0.4 is 0 Å². The minimum atomic E-state index is -0.177. The number of likely N-dealkylation sites (tertiary alicyclic amines) is 1. The van der Waals surface area contributed by atoms with E-state index in [0.717, 1.165) is 6.42 Å². The molecule has 107 valence electrons. The quantitative estimate of drug-likeness (QED) is 0.555. The van der Waals surface area contributed by atoms with Crippen LogP contribution in [0.5, 0.6) is 0 Å². The average molecular weight is 282 g/mol. The third kappa shape index (κ3) is 4.27. The van der Waals surface area contributed by atoms with Crippen molar-refractivity contribution in [1.29, 1.82) is 0 Å². The van der Waals surface area contributed by atoms with E-state index in [4.69, 9.17) is 0 Å². The molecule has 1 rings (SSSR count). The molecule has 0 aliphatic carbocycles. The molecule has 19 heavy (non-hydrogen) atoms. The summed E-state index contributed by atoms with van der Waals surface area (Å²) < 4.78 is 0. The Hall–Kier alpha value is -0.445. The smallest absolute Gasteiger partial charge is 0.243 e. The number of thioether (sulfide) groups is 1. The summed E-state index contributed by atoms with van der Waals surface area (Å²) in [4.78, 5) is 25.9. The lowest BCUT2D eigenvalue weighted by Crippen LogP contribution is -2.41. The van der Waals surface area contributed by atoms with Gasteiger partial charge < -0.3 is 0 Å². The molecule has 1 heterocycles. The molecule has 0 saturated carbocycles. The highest BCUT2D eigenvalue weighted by molar-refractivity contribution is 8.01. The van der Waals surface area contributed by atoms with E-state index in [2.05, 4.69) is 35.0 Å². The molecule has 3 nitrogen and oxygen atoms in total. The van der Waals surface area contributed by atoms with Gasteiger partial charge in [0.15, 0.2) is 0 Å². The monoisotopic (exact) mass is 282 g/mol. The van der Waals surface area contributed by atoms with Crippen LogP contribution in [-0.4, -0.2) is 40.5 Å². The molecule has 1 aliphatic heterocycles. The summed E-state index contributed by atoms with van der Waals surface area (Å²) in [6.07, 6.45) is 1.18. The van der Waals surface area contributed by atoms with Gasteiger partial charge in [0, 0.05) is 12.5 Å². The summed E-state index contributed by atoms with van der Waals surface area (Å²) in [5.74, 6) is -0.00865. The van der Waals surface area contributed by atoms with E-state index in [1.165, 1.54) is 4.90 Å². The van der Waals surface area contributed by atoms with Crippen LogP contribution in [0, 0.1) is 0 Å². The first kappa shape index (κ1) is 16.6. The SMILES string of the molecule is C[B]C(C)(C)CC(C)N1C(=O)CC(SC(C)C)C1=O. The van der Waals surface area contributed by atoms with Crippen LogP contribution in [0.2, 0.25) is 12.1 Å². The third-order valence-electron chi connectivity index (χ3n) is 3.62. The molecule has 1 saturated heterocycles. The molecule has 0 N–H and O–H groups in total. The molecule has 0 aromatic heterocycles. The molecule has 0 bridgehead atoms. The second kappa shape index (κ2) is 6.34. The molecule has 1 fully saturated rings. The Labute approximate surface area is 122 Å². The highest BCUT2D eigenvalue weighted by Gasteiger charge is 2.42. The number of imide groups is 1. The molecular weight excluding hydrogens is 257 g/mol. The average Bonchev–Trinajstić information content (AvgIpc) is 2.52. The molecule has 1 radical (unpaired) electrons. The van der Waals surface area contributed by atoms with Gasteiger partial charge in [-0.2, -0.15) is 0 Å². The van der Waals surface area contributed by atoms with Crippen molar-refractivity contribution in [2.75, 3.05) is 0 Å². The van der Waals surface area contributed by atoms with Gasteiger partial charge in [-0.05, 0) is 18.6 Å². The van der Waals surface area contributed by atoms with Gasteiger partial charge in [0.1, 0.15) is 7.28 Å². The molecule has 0 spiro atoms. The maximum Gasteiger partial charge on any atom is 0.243 e. The minimum absolute atomic E-state index is 0.00287. The van der Waals surface area contributed by atoms with Crippen LogP contribution in [0.4, 0.5) is 0 Å². The van der Waals surface area contributed by atoms with Gasteiger partial charge in [-0.3, -0.25) is 14.5 Å². The maximum absolute atomic E-state index is 12.3. The highest BCUT2D eigenvalue weighted by atomic mass is 32.2. The van der Waals surface area contributed by atoms with Crippen LogP contribution in [0.1, 0.15) is 47.5 Å². The fourth-order valence-corrected chi connectivity index (χ4v) is 3.62. The van der Waals surface area contributed by atoms with Crippen molar-refractivity contribution in [3.8, 4) is 0 Å². The van der Waals surface area contributed by atoms with Gasteiger partial charge in [0.25, 0.3) is 0 Å². The second-order valence-electron chi connectivity index (χ2n) is 6.31. The first-order chi connectivity index (χ1) is 8.68. The van der Waals surface area contributed by atoms with Crippen LogP contribution >= 0.6 is 11.8 Å². The van der Waals surface area contributed by atoms with Crippen LogP contribution in [-0.2, 0) is 9.59 Å². The van der Waals surface area contributed by atoms with Gasteiger partial charge in [0.05, 0.1) is 5.25 Å². The molecule has 2 amide bonds. The molecule has 5 heteroatoms. The van der Waals surface area contributed by atoms with Crippen molar-refractivity contribution < 1.29 is 9.59 Å². The second-order valence-corrected chi connectivity index (χ2v) is 8.09. The van der Waals surface area contributed by atoms with Gasteiger partial charge in [-0.1, -0.05) is 39.8 Å². The number of hydrogen-bond donors (Lipinski definition) is 0. The lowest BCUT2D eigenvalue weighted by Gasteiger charge is -2.31. The van der Waals surface area contributed by atoms with E-state index in [9.17, 15) is 9.59 Å². The van der Waals surface area contributed by atoms with E-state index in [1.807, 2.05) is 13.7 Å². The standard InChI is InChI=1S/C14H25BNO2S/c1-9(2)19-11-7-12(17)16(13(11)18)10(3)8-14(4,5)15-6/h9-11H,7-8H2,1-6H3. The number of carbonyl (C=O) groups excluding carboxylic acids is 2. The third-order valence-corrected chi connectivity index (χ3v) is 4.86. The summed E-state index contributed by atoms with van der Waals surface area (Å²) >= 11 is 1.60. The number of rotatable bonds is 6. The Kier molecular flexibility index (Phi) is 5.54. The normalized spacial score (nSPS) is 22.3. The van der Waals surface area contributed by atoms with Gasteiger partial charge in [-0.15, -0.1) is 11.8 Å². The lowest BCUT2D eigenvalue weighted by atomic mass is 9.54. The Bertz CT molecular complexity index is 357. The molecule has 2 unspecified atom stereocenters. The molecule has 0 aromatic rings. The Morgan fingerprint density at radius 1 is 1.37 bits per heavy atom. The predicted molar refractivity (Wildman–Crippen MR) is 82.7 cm³/mol. The molecule has 1 aliphatic rings. The summed E-state index contributed by atoms with van der Waals surface area (Å²) in [5, 5.41) is 0.240. The van der Waals surface area contributed by atoms with Crippen molar-refractivity contribution in [3.63, 3.8) is 0 Å². The molecule has 0 aromatic carbocycles. The van der Waals surface area contributed by atoms with Gasteiger partial charge in [0.2, 0.25) is 11.8 Å². The fraction of sp³-hybridized carbons (Fsp3) is 0.857. The van der Waals surface area contributed by atoms with Crippen LogP contribution in [0.3, 0.4) is 0 Å². The first-order valence-corrected chi connectivity index (χ1v) is 7.94. The van der Waals surface area contributed by atoms with Crippen molar-refractivity contribution in [3.05, 3.63) is 0 Å². The summed E-state index contributed by atoms with van der Waals surface area (Å²) in [6.45, 7) is 12.4. The first-order valence-electron chi connectivity index (χ1n) is 7.00. The number of amides is 2. The number of carbonyl (C=O) groups is 2. The molecular formula is C14H25BNO2S. The van der Waals surface area contributed by atoms with Crippen molar-refractivity contribution in [2.24, 2.45) is 0 Å². The minimum Gasteiger partial charge on any atom is -0.279 e. The number of hydrogen-bond acceptors (Lipinski definition) is 3. The van der Waals surface area contributed by atoms with Gasteiger partial charge in [-0.25, -0.2) is 0 Å². The van der Waals surface area contributed by atoms with E-state index in [-0.39, 0.29) is 28.4 Å². The van der Waals surface area contributed by atoms with E-state index < -0.39 is 0 Å². The zero-order chi connectivity index (χ0) is 14.8. The van der Waals surface area contributed by atoms with E-state index >= 15 is 0 Å². The zero-order valence-corrected chi connectivity index (χ0v) is 13.7.